The Morgan fingerprint density at radius 1 is 1.17 bits per heavy atom. The molecule has 2 aromatic rings. The minimum atomic E-state index is -0.327. The number of hydrogen-bond donors (Lipinski definition) is 1. The van der Waals surface area contributed by atoms with E-state index in [1.165, 1.54) is 0 Å². The number of nitrogens with one attached hydrogen (secondary N) is 1. The van der Waals surface area contributed by atoms with E-state index in [9.17, 15) is 4.79 Å². The van der Waals surface area contributed by atoms with E-state index in [-0.39, 0.29) is 5.97 Å². The maximum Gasteiger partial charge on any atom is 0.338 e. The van der Waals surface area contributed by atoms with Gasteiger partial charge in [-0.3, -0.25) is 0 Å². The van der Waals surface area contributed by atoms with Crippen molar-refractivity contribution in [2.75, 3.05) is 29.9 Å². The fourth-order valence-electron chi connectivity index (χ4n) is 2.05. The summed E-state index contributed by atoms with van der Waals surface area (Å²) in [6.45, 7) is 7.86. The number of ether oxygens (including phenoxy) is 1. The predicted molar refractivity (Wildman–Crippen MR) is 89.1 cm³/mol. The topological polar surface area (TPSA) is 80.2 Å². The van der Waals surface area contributed by atoms with Crippen LogP contribution in [0.25, 0.3) is 0 Å². The number of rotatable bonds is 7. The van der Waals surface area contributed by atoms with Gasteiger partial charge in [-0.2, -0.15) is 10.1 Å². The molecule has 7 nitrogen and oxygen atoms in total. The molecule has 0 aliphatic rings. The lowest BCUT2D eigenvalue weighted by Gasteiger charge is -2.18. The number of esters is 1. The maximum absolute atomic E-state index is 11.6. The van der Waals surface area contributed by atoms with Crippen LogP contribution in [0.5, 0.6) is 0 Å². The molecule has 7 heteroatoms. The highest BCUT2D eigenvalue weighted by atomic mass is 16.5. The Labute approximate surface area is 135 Å². The summed E-state index contributed by atoms with van der Waals surface area (Å²) in [5, 5.41) is 11.2. The molecule has 0 saturated carbocycles. The molecular formula is C16H21N5O2. The van der Waals surface area contributed by atoms with E-state index in [1.807, 2.05) is 18.7 Å². The number of benzene rings is 1. The predicted octanol–water partition coefficient (Wildman–Crippen LogP) is 2.64. The molecule has 122 valence electrons. The van der Waals surface area contributed by atoms with Crippen molar-refractivity contribution >= 4 is 23.4 Å². The number of carbonyl (C=O) groups excluding carboxylic acids is 1. The van der Waals surface area contributed by atoms with Crippen molar-refractivity contribution in [2.24, 2.45) is 0 Å². The minimum Gasteiger partial charge on any atom is -0.462 e. The smallest absolute Gasteiger partial charge is 0.338 e. The first-order valence-electron chi connectivity index (χ1n) is 7.66. The van der Waals surface area contributed by atoms with Gasteiger partial charge in [-0.25, -0.2) is 4.79 Å². The molecule has 1 aromatic carbocycles. The second-order valence-electron chi connectivity index (χ2n) is 4.74. The standard InChI is InChI=1S/C16H21N5O2/c1-4-21(5-2)16-19-14(11-17-20-16)18-13-9-7-12(8-10-13)15(22)23-6-3/h7-11H,4-6H2,1-3H3,(H,18,19,20). The van der Waals surface area contributed by atoms with Crippen LogP contribution in [0.1, 0.15) is 31.1 Å². The van der Waals surface area contributed by atoms with E-state index >= 15 is 0 Å². The first-order chi connectivity index (χ1) is 11.2. The highest BCUT2D eigenvalue weighted by molar-refractivity contribution is 5.89. The van der Waals surface area contributed by atoms with E-state index in [2.05, 4.69) is 20.5 Å². The van der Waals surface area contributed by atoms with Crippen molar-refractivity contribution in [3.8, 4) is 0 Å². The van der Waals surface area contributed by atoms with Crippen LogP contribution in [-0.4, -0.2) is 40.8 Å². The molecule has 0 atom stereocenters. The van der Waals surface area contributed by atoms with Crippen molar-refractivity contribution < 1.29 is 9.53 Å². The largest absolute Gasteiger partial charge is 0.462 e. The zero-order valence-corrected chi connectivity index (χ0v) is 13.6. The Hall–Kier alpha value is -2.70. The number of anilines is 3. The second kappa shape index (κ2) is 8.07. The van der Waals surface area contributed by atoms with E-state index in [4.69, 9.17) is 4.74 Å². The third kappa shape index (κ3) is 4.38. The monoisotopic (exact) mass is 315 g/mol. The fourth-order valence-corrected chi connectivity index (χ4v) is 2.05. The van der Waals surface area contributed by atoms with Crippen LogP contribution in [-0.2, 0) is 4.74 Å². The van der Waals surface area contributed by atoms with Crippen molar-refractivity contribution in [1.29, 1.82) is 0 Å². The Balaban J connectivity index is 2.10. The first kappa shape index (κ1) is 16.7. The van der Waals surface area contributed by atoms with Crippen LogP contribution in [0, 0.1) is 0 Å². The molecule has 0 aliphatic heterocycles. The number of nitrogens with zero attached hydrogens (tertiary/aromatic N) is 4. The molecule has 0 bridgehead atoms. The summed E-state index contributed by atoms with van der Waals surface area (Å²) in [5.41, 5.74) is 1.33. The van der Waals surface area contributed by atoms with E-state index < -0.39 is 0 Å². The Kier molecular flexibility index (Phi) is 5.85. The average Bonchev–Trinajstić information content (AvgIpc) is 2.57. The third-order valence-corrected chi connectivity index (χ3v) is 3.26. The summed E-state index contributed by atoms with van der Waals surface area (Å²) >= 11 is 0. The lowest BCUT2D eigenvalue weighted by molar-refractivity contribution is 0.0526. The molecule has 1 aromatic heterocycles. The maximum atomic E-state index is 11.6. The van der Waals surface area contributed by atoms with Crippen LogP contribution in [0.3, 0.4) is 0 Å². The van der Waals surface area contributed by atoms with Crippen molar-refractivity contribution in [3.05, 3.63) is 36.0 Å². The van der Waals surface area contributed by atoms with Crippen LogP contribution in [0.15, 0.2) is 30.5 Å². The number of aromatic nitrogens is 3. The summed E-state index contributed by atoms with van der Waals surface area (Å²) in [7, 11) is 0. The Bertz CT molecular complexity index is 641. The Morgan fingerprint density at radius 2 is 1.87 bits per heavy atom. The highest BCUT2D eigenvalue weighted by Crippen LogP contribution is 2.17. The summed E-state index contributed by atoms with van der Waals surface area (Å²) in [6, 6.07) is 7.01. The normalized spacial score (nSPS) is 10.2. The molecule has 0 spiro atoms. The molecule has 23 heavy (non-hydrogen) atoms. The summed E-state index contributed by atoms with van der Waals surface area (Å²) in [6.07, 6.45) is 1.56. The van der Waals surface area contributed by atoms with Gasteiger partial charge >= 0.3 is 5.97 Å². The molecule has 2 rings (SSSR count). The fraction of sp³-hybridized carbons (Fsp3) is 0.375. The lowest BCUT2D eigenvalue weighted by Crippen LogP contribution is -2.24. The van der Waals surface area contributed by atoms with Gasteiger partial charge in [0.1, 0.15) is 0 Å². The van der Waals surface area contributed by atoms with E-state index in [1.54, 1.807) is 37.4 Å². The van der Waals surface area contributed by atoms with Gasteiger partial charge in [0.15, 0.2) is 5.82 Å². The van der Waals surface area contributed by atoms with Gasteiger partial charge in [0.2, 0.25) is 5.95 Å². The van der Waals surface area contributed by atoms with Gasteiger partial charge in [-0.05, 0) is 45.0 Å². The molecule has 0 radical (unpaired) electrons. The molecule has 0 aliphatic carbocycles. The third-order valence-electron chi connectivity index (χ3n) is 3.26. The molecule has 0 fully saturated rings. The molecule has 1 N–H and O–H groups in total. The summed E-state index contributed by atoms with van der Waals surface area (Å²) in [4.78, 5) is 18.1. The van der Waals surface area contributed by atoms with E-state index in [0.717, 1.165) is 18.8 Å². The molecule has 0 amide bonds. The summed E-state index contributed by atoms with van der Waals surface area (Å²) < 4.78 is 4.96. The van der Waals surface area contributed by atoms with Gasteiger partial charge in [0, 0.05) is 18.8 Å². The minimum absolute atomic E-state index is 0.327. The number of carbonyl (C=O) groups is 1. The summed E-state index contributed by atoms with van der Waals surface area (Å²) in [5.74, 6) is 0.862. The molecule has 1 heterocycles. The van der Waals surface area contributed by atoms with Gasteiger partial charge in [-0.1, -0.05) is 0 Å². The zero-order valence-electron chi connectivity index (χ0n) is 13.6. The van der Waals surface area contributed by atoms with Crippen molar-refractivity contribution in [3.63, 3.8) is 0 Å². The van der Waals surface area contributed by atoms with Crippen LogP contribution in [0.2, 0.25) is 0 Å². The van der Waals surface area contributed by atoms with Crippen LogP contribution in [0.4, 0.5) is 17.5 Å². The van der Waals surface area contributed by atoms with Gasteiger partial charge in [0.25, 0.3) is 0 Å². The molecule has 0 unspecified atom stereocenters. The van der Waals surface area contributed by atoms with Crippen LogP contribution < -0.4 is 10.2 Å². The second-order valence-corrected chi connectivity index (χ2v) is 4.74. The Morgan fingerprint density at radius 3 is 2.48 bits per heavy atom. The average molecular weight is 315 g/mol. The van der Waals surface area contributed by atoms with Crippen LogP contribution >= 0.6 is 0 Å². The molecular weight excluding hydrogens is 294 g/mol. The lowest BCUT2D eigenvalue weighted by atomic mass is 10.2. The zero-order chi connectivity index (χ0) is 16.7. The van der Waals surface area contributed by atoms with Crippen molar-refractivity contribution in [2.45, 2.75) is 20.8 Å². The first-order valence-corrected chi connectivity index (χ1v) is 7.66. The quantitative estimate of drug-likeness (QED) is 0.787. The number of hydrogen-bond acceptors (Lipinski definition) is 7. The van der Waals surface area contributed by atoms with Gasteiger partial charge in [0.05, 0.1) is 18.4 Å². The van der Waals surface area contributed by atoms with E-state index in [0.29, 0.717) is 23.9 Å². The van der Waals surface area contributed by atoms with Crippen molar-refractivity contribution in [1.82, 2.24) is 15.2 Å². The highest BCUT2D eigenvalue weighted by Gasteiger charge is 2.08. The van der Waals surface area contributed by atoms with Gasteiger partial charge < -0.3 is 15.0 Å². The molecule has 0 saturated heterocycles. The van der Waals surface area contributed by atoms with Gasteiger partial charge in [-0.15, -0.1) is 5.10 Å². The SMILES string of the molecule is CCOC(=O)c1ccc(Nc2cnnc(N(CC)CC)n2)cc1.